The van der Waals surface area contributed by atoms with E-state index < -0.39 is 34.7 Å². The molecule has 0 fully saturated rings. The van der Waals surface area contributed by atoms with Gasteiger partial charge in [0, 0.05) is 19.2 Å². The van der Waals surface area contributed by atoms with Crippen molar-refractivity contribution in [2.75, 3.05) is 7.11 Å². The van der Waals surface area contributed by atoms with Crippen molar-refractivity contribution < 1.29 is 28.7 Å². The second-order valence-electron chi connectivity index (χ2n) is 7.72. The van der Waals surface area contributed by atoms with E-state index in [9.17, 15) is 19.7 Å². The fraction of sp³-hybridized carbons (Fsp3) is 0.364. The van der Waals surface area contributed by atoms with E-state index >= 15 is 0 Å². The predicted molar refractivity (Wildman–Crippen MR) is 112 cm³/mol. The molecular weight excluding hydrogens is 404 g/mol. The molecule has 0 bridgehead atoms. The van der Waals surface area contributed by atoms with Crippen molar-refractivity contribution in [2.24, 2.45) is 0 Å². The summed E-state index contributed by atoms with van der Waals surface area (Å²) in [5, 5.41) is 13.4. The van der Waals surface area contributed by atoms with Gasteiger partial charge >= 0.3 is 12.1 Å². The molecule has 1 N–H and O–H groups in total. The number of nitro groups is 1. The van der Waals surface area contributed by atoms with Gasteiger partial charge in [0.15, 0.2) is 6.10 Å². The number of alkyl carbamates (subject to hydrolysis) is 1. The van der Waals surface area contributed by atoms with Gasteiger partial charge in [-0.05, 0) is 44.0 Å². The van der Waals surface area contributed by atoms with Crippen molar-refractivity contribution in [3.05, 3.63) is 75.8 Å². The van der Waals surface area contributed by atoms with Crippen LogP contribution in [0.2, 0.25) is 0 Å². The van der Waals surface area contributed by atoms with Crippen LogP contribution in [-0.4, -0.2) is 35.8 Å². The largest absolute Gasteiger partial charge is 0.459 e. The summed E-state index contributed by atoms with van der Waals surface area (Å²) >= 11 is 0. The lowest BCUT2D eigenvalue weighted by Gasteiger charge is -2.28. The van der Waals surface area contributed by atoms with Crippen LogP contribution in [0.25, 0.3) is 0 Å². The van der Waals surface area contributed by atoms with E-state index in [0.717, 1.165) is 0 Å². The van der Waals surface area contributed by atoms with Crippen LogP contribution in [0.15, 0.2) is 54.6 Å². The Kier molecular flexibility index (Phi) is 8.09. The molecule has 0 aliphatic rings. The number of methoxy groups -OCH3 is 1. The average Bonchev–Trinajstić information content (AvgIpc) is 2.71. The minimum Gasteiger partial charge on any atom is -0.459 e. The first-order chi connectivity index (χ1) is 14.6. The Hall–Kier alpha value is -3.46. The fourth-order valence-electron chi connectivity index (χ4n) is 2.75. The molecule has 2 aromatic rings. The summed E-state index contributed by atoms with van der Waals surface area (Å²) in [6, 6.07) is 13.6. The molecule has 9 nitrogen and oxygen atoms in total. The lowest BCUT2D eigenvalue weighted by Crippen LogP contribution is -2.44. The van der Waals surface area contributed by atoms with E-state index in [2.05, 4.69) is 5.32 Å². The van der Waals surface area contributed by atoms with Crippen LogP contribution >= 0.6 is 0 Å². The molecule has 2 aromatic carbocycles. The van der Waals surface area contributed by atoms with Crippen molar-refractivity contribution in [1.29, 1.82) is 0 Å². The van der Waals surface area contributed by atoms with Gasteiger partial charge in [-0.25, -0.2) is 9.59 Å². The molecule has 0 aliphatic heterocycles. The molecule has 9 heteroatoms. The predicted octanol–water partition coefficient (Wildman–Crippen LogP) is 3.92. The van der Waals surface area contributed by atoms with Gasteiger partial charge in [-0.3, -0.25) is 10.1 Å². The molecule has 31 heavy (non-hydrogen) atoms. The van der Waals surface area contributed by atoms with Crippen LogP contribution in [0.5, 0.6) is 0 Å². The summed E-state index contributed by atoms with van der Waals surface area (Å²) in [7, 11) is 1.34. The van der Waals surface area contributed by atoms with Crippen LogP contribution in [0, 0.1) is 10.1 Å². The van der Waals surface area contributed by atoms with Crippen LogP contribution in [0.1, 0.15) is 37.9 Å². The third kappa shape index (κ3) is 7.38. The van der Waals surface area contributed by atoms with E-state index in [1.807, 2.05) is 6.07 Å². The minimum absolute atomic E-state index is 0.0597. The van der Waals surface area contributed by atoms with Gasteiger partial charge in [-0.1, -0.05) is 30.3 Å². The highest BCUT2D eigenvalue weighted by Gasteiger charge is 2.33. The highest BCUT2D eigenvalue weighted by Crippen LogP contribution is 2.22. The fourth-order valence-corrected chi connectivity index (χ4v) is 2.75. The molecule has 0 saturated carbocycles. The zero-order chi connectivity index (χ0) is 23.0. The summed E-state index contributed by atoms with van der Waals surface area (Å²) in [4.78, 5) is 35.4. The zero-order valence-corrected chi connectivity index (χ0v) is 17.9. The minimum atomic E-state index is -1.15. The normalized spacial score (nSPS) is 13.0. The molecule has 1 amide bonds. The number of hydrogen-bond acceptors (Lipinski definition) is 7. The molecular formula is C22H26N2O7. The number of amides is 1. The standard InChI is InChI=1S/C22H26N2O7/c1-22(2,3)31-21(26)23-18(16-8-6-5-7-9-16)19(29-4)20(25)30-14-15-10-12-17(13-11-15)24(27)28/h5-13,18-19H,14H2,1-4H3,(H,23,26)/t18-,19+/m0/s1. The van der Waals surface area contributed by atoms with E-state index in [-0.39, 0.29) is 12.3 Å². The van der Waals surface area contributed by atoms with Crippen molar-refractivity contribution in [1.82, 2.24) is 5.32 Å². The number of hydrogen-bond donors (Lipinski definition) is 1. The van der Waals surface area contributed by atoms with Gasteiger partial charge in [-0.15, -0.1) is 0 Å². The molecule has 0 radical (unpaired) electrons. The van der Waals surface area contributed by atoms with E-state index in [1.165, 1.54) is 31.4 Å². The average molecular weight is 430 g/mol. The van der Waals surface area contributed by atoms with Gasteiger partial charge in [0.2, 0.25) is 0 Å². The van der Waals surface area contributed by atoms with Crippen LogP contribution < -0.4 is 5.32 Å². The zero-order valence-electron chi connectivity index (χ0n) is 17.9. The number of carbonyl (C=O) groups excluding carboxylic acids is 2. The number of ether oxygens (including phenoxy) is 3. The number of benzene rings is 2. The van der Waals surface area contributed by atoms with E-state index in [0.29, 0.717) is 11.1 Å². The number of carbonyl (C=O) groups is 2. The number of nitrogens with zero attached hydrogens (tertiary/aromatic N) is 1. The summed E-state index contributed by atoms with van der Waals surface area (Å²) in [6.07, 6.45) is -1.85. The van der Waals surface area contributed by atoms with E-state index in [1.54, 1.807) is 45.0 Å². The molecule has 2 atom stereocenters. The van der Waals surface area contributed by atoms with E-state index in [4.69, 9.17) is 14.2 Å². The van der Waals surface area contributed by atoms with Gasteiger partial charge in [0.25, 0.3) is 5.69 Å². The van der Waals surface area contributed by atoms with Gasteiger partial charge in [0.1, 0.15) is 12.2 Å². The van der Waals surface area contributed by atoms with Crippen molar-refractivity contribution in [3.63, 3.8) is 0 Å². The maximum atomic E-state index is 12.8. The Balaban J connectivity index is 2.14. The third-order valence-electron chi connectivity index (χ3n) is 4.15. The highest BCUT2D eigenvalue weighted by atomic mass is 16.6. The van der Waals surface area contributed by atoms with Crippen LogP contribution in [-0.2, 0) is 25.6 Å². The van der Waals surface area contributed by atoms with Crippen molar-refractivity contribution in [2.45, 2.75) is 45.1 Å². The first kappa shape index (κ1) is 23.8. The number of nitrogens with one attached hydrogen (secondary N) is 1. The Morgan fingerprint density at radius 2 is 1.68 bits per heavy atom. The second kappa shape index (κ2) is 10.5. The lowest BCUT2D eigenvalue weighted by molar-refractivity contribution is -0.384. The maximum absolute atomic E-state index is 12.8. The number of esters is 1. The quantitative estimate of drug-likeness (QED) is 0.383. The molecule has 2 rings (SSSR count). The van der Waals surface area contributed by atoms with Gasteiger partial charge in [0.05, 0.1) is 11.0 Å². The molecule has 0 unspecified atom stereocenters. The number of non-ortho nitro benzene ring substituents is 1. The molecule has 0 heterocycles. The Bertz CT molecular complexity index is 892. The first-order valence-electron chi connectivity index (χ1n) is 9.58. The molecule has 0 saturated heterocycles. The SMILES string of the molecule is CO[C@@H](C(=O)OCc1ccc([N+](=O)[O-])cc1)[C@@H](NC(=O)OC(C)(C)C)c1ccccc1. The lowest BCUT2D eigenvalue weighted by atomic mass is 10.0. The Morgan fingerprint density at radius 1 is 1.06 bits per heavy atom. The first-order valence-corrected chi connectivity index (χ1v) is 9.58. The summed E-state index contributed by atoms with van der Waals surface area (Å²) in [5.74, 6) is -0.703. The molecule has 0 aromatic heterocycles. The van der Waals surface area contributed by atoms with Crippen molar-refractivity contribution in [3.8, 4) is 0 Å². The molecule has 166 valence electrons. The Labute approximate surface area is 180 Å². The Morgan fingerprint density at radius 3 is 2.19 bits per heavy atom. The maximum Gasteiger partial charge on any atom is 0.408 e. The topological polar surface area (TPSA) is 117 Å². The monoisotopic (exact) mass is 430 g/mol. The number of rotatable bonds is 8. The smallest absolute Gasteiger partial charge is 0.408 e. The van der Waals surface area contributed by atoms with Crippen LogP contribution in [0.3, 0.4) is 0 Å². The third-order valence-corrected chi connectivity index (χ3v) is 4.15. The molecule has 0 aliphatic carbocycles. The van der Waals surface area contributed by atoms with Gasteiger partial charge < -0.3 is 19.5 Å². The summed E-state index contributed by atoms with van der Waals surface area (Å²) < 4.78 is 16.0. The van der Waals surface area contributed by atoms with Crippen molar-refractivity contribution >= 4 is 17.7 Å². The van der Waals surface area contributed by atoms with Crippen LogP contribution in [0.4, 0.5) is 10.5 Å². The summed E-state index contributed by atoms with van der Waals surface area (Å²) in [5.41, 5.74) is 0.429. The number of nitro benzene ring substituents is 1. The highest BCUT2D eigenvalue weighted by molar-refractivity contribution is 5.78. The summed E-state index contributed by atoms with van der Waals surface area (Å²) in [6.45, 7) is 5.09. The van der Waals surface area contributed by atoms with Gasteiger partial charge in [-0.2, -0.15) is 0 Å². The molecule has 0 spiro atoms. The second-order valence-corrected chi connectivity index (χ2v) is 7.72.